The van der Waals surface area contributed by atoms with Gasteiger partial charge in [-0.05, 0) is 20.3 Å². The number of carbonyl (C=O) groups is 2. The lowest BCUT2D eigenvalue weighted by Crippen LogP contribution is -2.49. The first-order valence-corrected chi connectivity index (χ1v) is 6.49. The zero-order valence-corrected chi connectivity index (χ0v) is 11.7. The molecule has 100 valence electrons. The van der Waals surface area contributed by atoms with Crippen LogP contribution in [0, 0.1) is 5.92 Å². The van der Waals surface area contributed by atoms with Crippen LogP contribution < -0.4 is 10.6 Å². The number of amides is 2. The molecular weight excluding hydrogens is 216 g/mol. The van der Waals surface area contributed by atoms with Crippen LogP contribution in [0.3, 0.4) is 0 Å². The van der Waals surface area contributed by atoms with Crippen molar-refractivity contribution in [3.8, 4) is 0 Å². The highest BCUT2D eigenvalue weighted by Crippen LogP contribution is 2.03. The van der Waals surface area contributed by atoms with E-state index >= 15 is 0 Å². The summed E-state index contributed by atoms with van der Waals surface area (Å²) in [5.41, 5.74) is 0. The van der Waals surface area contributed by atoms with Gasteiger partial charge in [0.1, 0.15) is 6.04 Å². The van der Waals surface area contributed by atoms with E-state index in [1.807, 2.05) is 27.7 Å². The topological polar surface area (TPSA) is 58.2 Å². The summed E-state index contributed by atoms with van der Waals surface area (Å²) in [6.07, 6.45) is 2.66. The summed E-state index contributed by atoms with van der Waals surface area (Å²) in [5, 5.41) is 5.65. The monoisotopic (exact) mass is 242 g/mol. The van der Waals surface area contributed by atoms with E-state index in [0.717, 1.165) is 12.8 Å². The van der Waals surface area contributed by atoms with Crippen molar-refractivity contribution >= 4 is 11.8 Å². The predicted octanol–water partition coefficient (Wildman–Crippen LogP) is 1.84. The van der Waals surface area contributed by atoms with Gasteiger partial charge in [0.25, 0.3) is 0 Å². The van der Waals surface area contributed by atoms with Gasteiger partial charge in [-0.3, -0.25) is 9.59 Å². The van der Waals surface area contributed by atoms with Gasteiger partial charge in [0, 0.05) is 12.0 Å². The zero-order chi connectivity index (χ0) is 13.4. The molecule has 0 unspecified atom stereocenters. The minimum atomic E-state index is -0.396. The molecule has 1 atom stereocenters. The highest BCUT2D eigenvalue weighted by molar-refractivity contribution is 5.88. The van der Waals surface area contributed by atoms with Crippen molar-refractivity contribution in [3.63, 3.8) is 0 Å². The molecule has 0 aromatic heterocycles. The van der Waals surface area contributed by atoms with Gasteiger partial charge in [-0.1, -0.05) is 33.6 Å². The lowest BCUT2D eigenvalue weighted by atomic mass is 10.1. The first kappa shape index (κ1) is 15.9. The average Bonchev–Trinajstić information content (AvgIpc) is 2.22. The van der Waals surface area contributed by atoms with E-state index in [1.165, 1.54) is 0 Å². The summed E-state index contributed by atoms with van der Waals surface area (Å²) in [5.74, 6) is -0.238. The Kier molecular flexibility index (Phi) is 7.59. The molecule has 0 spiro atoms. The van der Waals surface area contributed by atoms with Crippen LogP contribution in [0.4, 0.5) is 0 Å². The molecule has 4 nitrogen and oxygen atoms in total. The maximum atomic E-state index is 11.9. The van der Waals surface area contributed by atoms with E-state index < -0.39 is 6.04 Å². The van der Waals surface area contributed by atoms with Crippen molar-refractivity contribution in [3.05, 3.63) is 0 Å². The number of hydrogen-bond donors (Lipinski definition) is 2. The van der Waals surface area contributed by atoms with Gasteiger partial charge in [0.05, 0.1) is 0 Å². The Morgan fingerprint density at radius 1 is 1.00 bits per heavy atom. The fourth-order valence-electron chi connectivity index (χ4n) is 1.40. The Bertz CT molecular complexity index is 250. The van der Waals surface area contributed by atoms with Crippen LogP contribution in [0.25, 0.3) is 0 Å². The molecule has 0 aromatic rings. The Morgan fingerprint density at radius 2 is 1.59 bits per heavy atom. The van der Waals surface area contributed by atoms with Gasteiger partial charge < -0.3 is 10.6 Å². The molecule has 0 aromatic carbocycles. The molecule has 0 radical (unpaired) electrons. The summed E-state index contributed by atoms with van der Waals surface area (Å²) in [6, 6.07) is -0.296. The molecule has 0 rings (SSSR count). The van der Waals surface area contributed by atoms with Crippen molar-refractivity contribution in [1.29, 1.82) is 0 Å². The summed E-state index contributed by atoms with van der Waals surface area (Å²) < 4.78 is 0. The number of rotatable bonds is 7. The largest absolute Gasteiger partial charge is 0.352 e. The maximum Gasteiger partial charge on any atom is 0.242 e. The third-order valence-corrected chi connectivity index (χ3v) is 2.43. The van der Waals surface area contributed by atoms with E-state index in [9.17, 15) is 9.59 Å². The molecule has 2 N–H and O–H groups in total. The van der Waals surface area contributed by atoms with Crippen molar-refractivity contribution in [2.45, 2.75) is 66.0 Å². The molecule has 17 heavy (non-hydrogen) atoms. The van der Waals surface area contributed by atoms with Gasteiger partial charge in [-0.2, -0.15) is 0 Å². The summed E-state index contributed by atoms with van der Waals surface area (Å²) in [6.45, 7) is 9.55. The molecule has 0 saturated heterocycles. The summed E-state index contributed by atoms with van der Waals surface area (Å²) >= 11 is 0. The van der Waals surface area contributed by atoms with Gasteiger partial charge in [0.15, 0.2) is 0 Å². The van der Waals surface area contributed by atoms with Crippen LogP contribution in [0.5, 0.6) is 0 Å². The van der Waals surface area contributed by atoms with Gasteiger partial charge >= 0.3 is 0 Å². The lowest BCUT2D eigenvalue weighted by molar-refractivity contribution is -0.131. The normalized spacial score (nSPS) is 12.6. The Hall–Kier alpha value is -1.06. The second-order valence-corrected chi connectivity index (χ2v) is 5.02. The first-order valence-electron chi connectivity index (χ1n) is 6.49. The second-order valence-electron chi connectivity index (χ2n) is 5.02. The highest BCUT2D eigenvalue weighted by Gasteiger charge is 2.21. The standard InChI is InChI=1S/C13H26N2O2/c1-6-7-8-11(13(17)14-10(4)5)15-12(16)9(2)3/h9-11H,6-8H2,1-5H3,(H,14,17)(H,15,16)/t11-/m0/s1. The first-order chi connectivity index (χ1) is 7.88. The second kappa shape index (κ2) is 8.09. The molecule has 0 aliphatic carbocycles. The summed E-state index contributed by atoms with van der Waals surface area (Å²) in [4.78, 5) is 23.5. The van der Waals surface area contributed by atoms with E-state index in [1.54, 1.807) is 0 Å². The van der Waals surface area contributed by atoms with Crippen LogP contribution in [0.15, 0.2) is 0 Å². The molecular formula is C13H26N2O2. The van der Waals surface area contributed by atoms with Gasteiger partial charge in [0.2, 0.25) is 11.8 Å². The van der Waals surface area contributed by atoms with E-state index in [2.05, 4.69) is 17.6 Å². The molecule has 0 aliphatic rings. The highest BCUT2D eigenvalue weighted by atomic mass is 16.2. The molecule has 0 saturated carbocycles. The molecule has 0 aliphatic heterocycles. The van der Waals surface area contributed by atoms with E-state index in [0.29, 0.717) is 6.42 Å². The average molecular weight is 242 g/mol. The van der Waals surface area contributed by atoms with Crippen molar-refractivity contribution < 1.29 is 9.59 Å². The molecule has 0 fully saturated rings. The van der Waals surface area contributed by atoms with Crippen LogP contribution in [0.2, 0.25) is 0 Å². The van der Waals surface area contributed by atoms with Crippen LogP contribution in [-0.4, -0.2) is 23.9 Å². The maximum absolute atomic E-state index is 11.9. The van der Waals surface area contributed by atoms with Crippen molar-refractivity contribution in [2.24, 2.45) is 5.92 Å². The molecule has 0 heterocycles. The minimum Gasteiger partial charge on any atom is -0.352 e. The van der Waals surface area contributed by atoms with Gasteiger partial charge in [-0.15, -0.1) is 0 Å². The van der Waals surface area contributed by atoms with E-state index in [-0.39, 0.29) is 23.8 Å². The fraction of sp³-hybridized carbons (Fsp3) is 0.846. The third-order valence-electron chi connectivity index (χ3n) is 2.43. The third kappa shape index (κ3) is 6.97. The van der Waals surface area contributed by atoms with E-state index in [4.69, 9.17) is 0 Å². The van der Waals surface area contributed by atoms with Gasteiger partial charge in [-0.25, -0.2) is 0 Å². The SMILES string of the molecule is CCCC[C@H](NC(=O)C(C)C)C(=O)NC(C)C. The van der Waals surface area contributed by atoms with Crippen molar-refractivity contribution in [2.75, 3.05) is 0 Å². The molecule has 2 amide bonds. The molecule has 4 heteroatoms. The zero-order valence-electron chi connectivity index (χ0n) is 11.7. The van der Waals surface area contributed by atoms with Crippen molar-refractivity contribution in [1.82, 2.24) is 10.6 Å². The number of nitrogens with one attached hydrogen (secondary N) is 2. The quantitative estimate of drug-likeness (QED) is 0.715. The Labute approximate surface area is 105 Å². The molecule has 0 bridgehead atoms. The van der Waals surface area contributed by atoms with Crippen LogP contribution >= 0.6 is 0 Å². The number of unbranched alkanes of at least 4 members (excludes halogenated alkanes) is 1. The van der Waals surface area contributed by atoms with Crippen LogP contribution in [0.1, 0.15) is 53.9 Å². The fourth-order valence-corrected chi connectivity index (χ4v) is 1.40. The smallest absolute Gasteiger partial charge is 0.242 e. The summed E-state index contributed by atoms with van der Waals surface area (Å²) in [7, 11) is 0. The Morgan fingerprint density at radius 3 is 2.00 bits per heavy atom. The predicted molar refractivity (Wildman–Crippen MR) is 69.6 cm³/mol. The minimum absolute atomic E-state index is 0.0648. The Balaban J connectivity index is 4.41. The van der Waals surface area contributed by atoms with Crippen LogP contribution in [-0.2, 0) is 9.59 Å². The lowest BCUT2D eigenvalue weighted by Gasteiger charge is -2.20. The number of carbonyl (C=O) groups excluding carboxylic acids is 2. The number of hydrogen-bond acceptors (Lipinski definition) is 2.